The van der Waals surface area contributed by atoms with Gasteiger partial charge in [0.2, 0.25) is 0 Å². The van der Waals surface area contributed by atoms with E-state index in [0.717, 1.165) is 26.1 Å². The Morgan fingerprint density at radius 1 is 1.28 bits per heavy atom. The van der Waals surface area contributed by atoms with Crippen LogP contribution in [0.3, 0.4) is 0 Å². The summed E-state index contributed by atoms with van der Waals surface area (Å²) >= 11 is 6.19. The van der Waals surface area contributed by atoms with Crippen LogP contribution in [0.1, 0.15) is 43.7 Å². The Kier molecular flexibility index (Phi) is 4.69. The Hall–Kier alpha value is -0.530. The van der Waals surface area contributed by atoms with Crippen molar-refractivity contribution in [1.29, 1.82) is 0 Å². The fraction of sp³-hybridized carbons (Fsp3) is 0.625. The highest BCUT2D eigenvalue weighted by Crippen LogP contribution is 2.34. The molecule has 0 aromatic heterocycles. The lowest BCUT2D eigenvalue weighted by Crippen LogP contribution is -2.35. The highest BCUT2D eigenvalue weighted by atomic mass is 35.5. The monoisotopic (exact) mass is 266 g/mol. The number of benzene rings is 1. The molecule has 0 saturated carbocycles. The van der Waals surface area contributed by atoms with Crippen LogP contribution in [0.4, 0.5) is 0 Å². The molecule has 0 spiro atoms. The first-order chi connectivity index (χ1) is 8.65. The molecule has 0 bridgehead atoms. The second-order valence-electron chi connectivity index (χ2n) is 5.86. The summed E-state index contributed by atoms with van der Waals surface area (Å²) in [5.74, 6) is 1.29. The van der Waals surface area contributed by atoms with E-state index in [0.29, 0.717) is 11.8 Å². The summed E-state index contributed by atoms with van der Waals surface area (Å²) in [7, 11) is 0. The summed E-state index contributed by atoms with van der Waals surface area (Å²) in [6, 6.07) is 8.98. The van der Waals surface area contributed by atoms with Gasteiger partial charge in [0.25, 0.3) is 0 Å². The minimum absolute atomic E-state index is 0.152. The number of alkyl halides is 1. The second-order valence-corrected chi connectivity index (χ2v) is 6.13. The number of hydrogen-bond acceptors (Lipinski definition) is 1. The molecule has 100 valence electrons. The van der Waals surface area contributed by atoms with E-state index in [1.807, 2.05) is 0 Å². The number of rotatable bonds is 4. The van der Waals surface area contributed by atoms with E-state index in [-0.39, 0.29) is 5.41 Å². The smallest absolute Gasteiger partial charge is 0.0537 e. The summed E-state index contributed by atoms with van der Waals surface area (Å²) in [5, 5.41) is 0. The molecule has 1 atom stereocenters. The van der Waals surface area contributed by atoms with Gasteiger partial charge in [0.15, 0.2) is 0 Å². The Balaban J connectivity index is 2.07. The van der Waals surface area contributed by atoms with Crippen molar-refractivity contribution in [3.05, 3.63) is 35.4 Å². The topological polar surface area (TPSA) is 9.23 Å². The fourth-order valence-corrected chi connectivity index (χ4v) is 2.96. The van der Waals surface area contributed by atoms with Gasteiger partial charge >= 0.3 is 0 Å². The Morgan fingerprint density at radius 3 is 2.50 bits per heavy atom. The van der Waals surface area contributed by atoms with Gasteiger partial charge in [0.05, 0.1) is 6.61 Å². The Bertz CT molecular complexity index is 363. The zero-order chi connectivity index (χ0) is 13.0. The molecule has 1 nitrogen and oxygen atoms in total. The van der Waals surface area contributed by atoms with Crippen LogP contribution in [-0.2, 0) is 11.2 Å². The van der Waals surface area contributed by atoms with E-state index in [1.54, 1.807) is 0 Å². The SMILES string of the molecule is CC(C)c1ccc(CC2(CCl)CCCOC2)cc1. The summed E-state index contributed by atoms with van der Waals surface area (Å²) in [6.07, 6.45) is 3.36. The lowest BCUT2D eigenvalue weighted by atomic mass is 9.79. The molecule has 0 amide bonds. The molecule has 2 heteroatoms. The lowest BCUT2D eigenvalue weighted by Gasteiger charge is -2.35. The van der Waals surface area contributed by atoms with Crippen molar-refractivity contribution in [2.75, 3.05) is 19.1 Å². The zero-order valence-electron chi connectivity index (χ0n) is 11.4. The van der Waals surface area contributed by atoms with Gasteiger partial charge in [0, 0.05) is 17.9 Å². The number of ether oxygens (including phenoxy) is 1. The average Bonchev–Trinajstić information content (AvgIpc) is 2.40. The van der Waals surface area contributed by atoms with Crippen molar-refractivity contribution < 1.29 is 4.74 Å². The van der Waals surface area contributed by atoms with E-state index in [4.69, 9.17) is 16.3 Å². The normalized spacial score (nSPS) is 24.4. The van der Waals surface area contributed by atoms with Gasteiger partial charge in [-0.3, -0.25) is 0 Å². The lowest BCUT2D eigenvalue weighted by molar-refractivity contribution is 0.00477. The Morgan fingerprint density at radius 2 is 2.00 bits per heavy atom. The van der Waals surface area contributed by atoms with E-state index >= 15 is 0 Å². The van der Waals surface area contributed by atoms with E-state index in [2.05, 4.69) is 38.1 Å². The van der Waals surface area contributed by atoms with Gasteiger partial charge in [-0.05, 0) is 36.3 Å². The first-order valence-electron chi connectivity index (χ1n) is 6.88. The average molecular weight is 267 g/mol. The molecule has 1 saturated heterocycles. The van der Waals surface area contributed by atoms with Crippen molar-refractivity contribution in [3.63, 3.8) is 0 Å². The van der Waals surface area contributed by atoms with Crippen molar-refractivity contribution in [1.82, 2.24) is 0 Å². The highest BCUT2D eigenvalue weighted by Gasteiger charge is 2.32. The summed E-state index contributed by atoms with van der Waals surface area (Å²) in [5.41, 5.74) is 2.93. The van der Waals surface area contributed by atoms with Crippen LogP contribution in [0, 0.1) is 5.41 Å². The van der Waals surface area contributed by atoms with Crippen LogP contribution in [-0.4, -0.2) is 19.1 Å². The maximum atomic E-state index is 6.19. The standard InChI is InChI=1S/C16H23ClO/c1-13(2)15-6-4-14(5-7-15)10-16(11-17)8-3-9-18-12-16/h4-7,13H,3,8-12H2,1-2H3. The Labute approximate surface area is 115 Å². The van der Waals surface area contributed by atoms with Crippen LogP contribution >= 0.6 is 11.6 Å². The maximum Gasteiger partial charge on any atom is 0.0537 e. The van der Waals surface area contributed by atoms with Crippen molar-refractivity contribution in [2.45, 2.75) is 39.0 Å². The third-order valence-corrected chi connectivity index (χ3v) is 4.48. The van der Waals surface area contributed by atoms with Crippen LogP contribution in [0.25, 0.3) is 0 Å². The molecule has 1 fully saturated rings. The van der Waals surface area contributed by atoms with Gasteiger partial charge in [-0.1, -0.05) is 38.1 Å². The third kappa shape index (κ3) is 3.27. The first-order valence-corrected chi connectivity index (χ1v) is 7.41. The maximum absolute atomic E-state index is 6.19. The molecule has 2 rings (SSSR count). The van der Waals surface area contributed by atoms with Crippen LogP contribution in [0.15, 0.2) is 24.3 Å². The summed E-state index contributed by atoms with van der Waals surface area (Å²) < 4.78 is 5.63. The molecule has 0 radical (unpaired) electrons. The molecule has 1 unspecified atom stereocenters. The fourth-order valence-electron chi connectivity index (χ4n) is 2.66. The largest absolute Gasteiger partial charge is 0.381 e. The number of halogens is 1. The van der Waals surface area contributed by atoms with Crippen molar-refractivity contribution in [2.24, 2.45) is 5.41 Å². The van der Waals surface area contributed by atoms with Crippen molar-refractivity contribution in [3.8, 4) is 0 Å². The molecule has 0 N–H and O–H groups in total. The minimum Gasteiger partial charge on any atom is -0.381 e. The molecule has 0 aliphatic carbocycles. The molecule has 1 aromatic rings. The third-order valence-electron chi connectivity index (χ3n) is 3.91. The molecule has 1 heterocycles. The van der Waals surface area contributed by atoms with Gasteiger partial charge in [-0.2, -0.15) is 0 Å². The molecular weight excluding hydrogens is 244 g/mol. The molecule has 1 aliphatic heterocycles. The predicted molar refractivity (Wildman–Crippen MR) is 77.4 cm³/mol. The molecule has 1 aliphatic rings. The van der Waals surface area contributed by atoms with E-state index in [1.165, 1.54) is 17.5 Å². The van der Waals surface area contributed by atoms with Crippen molar-refractivity contribution >= 4 is 11.6 Å². The number of hydrogen-bond donors (Lipinski definition) is 0. The predicted octanol–water partition coefficient (Wildman–Crippen LogP) is 4.39. The van der Waals surface area contributed by atoms with Crippen LogP contribution in [0.2, 0.25) is 0 Å². The highest BCUT2D eigenvalue weighted by molar-refractivity contribution is 6.18. The van der Waals surface area contributed by atoms with Gasteiger partial charge in [0.1, 0.15) is 0 Å². The first kappa shape index (κ1) is 13.9. The molecule has 1 aromatic carbocycles. The van der Waals surface area contributed by atoms with Gasteiger partial charge < -0.3 is 4.74 Å². The second kappa shape index (κ2) is 6.08. The quantitative estimate of drug-likeness (QED) is 0.735. The van der Waals surface area contributed by atoms with Gasteiger partial charge in [-0.15, -0.1) is 11.6 Å². The van der Waals surface area contributed by atoms with Crippen LogP contribution < -0.4 is 0 Å². The van der Waals surface area contributed by atoms with Gasteiger partial charge in [-0.25, -0.2) is 0 Å². The zero-order valence-corrected chi connectivity index (χ0v) is 12.2. The molecule has 18 heavy (non-hydrogen) atoms. The van der Waals surface area contributed by atoms with Crippen LogP contribution in [0.5, 0.6) is 0 Å². The molecular formula is C16H23ClO. The van der Waals surface area contributed by atoms with E-state index in [9.17, 15) is 0 Å². The summed E-state index contributed by atoms with van der Waals surface area (Å²) in [6.45, 7) is 6.15. The van der Waals surface area contributed by atoms with E-state index < -0.39 is 0 Å². The minimum atomic E-state index is 0.152. The summed E-state index contributed by atoms with van der Waals surface area (Å²) in [4.78, 5) is 0.